The molecule has 27 heavy (non-hydrogen) atoms. The highest BCUT2D eigenvalue weighted by Gasteiger charge is 2.19. The van der Waals surface area contributed by atoms with Crippen LogP contribution in [0.3, 0.4) is 0 Å². The van der Waals surface area contributed by atoms with Gasteiger partial charge in [0.15, 0.2) is 6.61 Å². The van der Waals surface area contributed by atoms with Crippen LogP contribution in [0, 0.1) is 0 Å². The van der Waals surface area contributed by atoms with E-state index >= 15 is 0 Å². The number of hydrogen-bond donors (Lipinski definition) is 0. The Morgan fingerprint density at radius 3 is 2.74 bits per heavy atom. The number of aromatic nitrogens is 3. The Morgan fingerprint density at radius 2 is 2.00 bits per heavy atom. The molecule has 3 aromatic rings. The van der Waals surface area contributed by atoms with Crippen molar-refractivity contribution in [3.05, 3.63) is 42.5 Å². The third kappa shape index (κ3) is 4.13. The number of piperazine rings is 1. The van der Waals surface area contributed by atoms with E-state index in [0.717, 1.165) is 44.0 Å². The summed E-state index contributed by atoms with van der Waals surface area (Å²) in [6.45, 7) is 3.66. The summed E-state index contributed by atoms with van der Waals surface area (Å²) in [6.07, 6.45) is 2.18. The summed E-state index contributed by atoms with van der Waals surface area (Å²) in [7, 11) is 0. The highest BCUT2D eigenvalue weighted by atomic mass is 19.3. The maximum Gasteiger partial charge on any atom is 0.272 e. The highest BCUT2D eigenvalue weighted by molar-refractivity contribution is 5.86. The lowest BCUT2D eigenvalue weighted by Crippen LogP contribution is -2.45. The van der Waals surface area contributed by atoms with Gasteiger partial charge in [-0.15, -0.1) is 0 Å². The average Bonchev–Trinajstić information content (AvgIpc) is 3.19. The summed E-state index contributed by atoms with van der Waals surface area (Å²) in [5.41, 5.74) is 2.74. The Morgan fingerprint density at radius 1 is 1.15 bits per heavy atom. The number of ether oxygens (including phenoxy) is 1. The molecule has 0 radical (unpaired) electrons. The third-order valence-electron chi connectivity index (χ3n) is 4.56. The Hall–Kier alpha value is -2.81. The van der Waals surface area contributed by atoms with E-state index in [-0.39, 0.29) is 5.88 Å². The summed E-state index contributed by atoms with van der Waals surface area (Å²) in [5, 5.41) is 4.37. The van der Waals surface area contributed by atoms with E-state index < -0.39 is 13.0 Å². The first-order valence-corrected chi connectivity index (χ1v) is 8.70. The summed E-state index contributed by atoms with van der Waals surface area (Å²) < 4.78 is 35.0. The number of alkyl halides is 2. The summed E-state index contributed by atoms with van der Waals surface area (Å²) in [5.74, 6) is 0.188. The van der Waals surface area contributed by atoms with Crippen molar-refractivity contribution in [1.29, 1.82) is 0 Å². The minimum atomic E-state index is -2.54. The Balaban J connectivity index is 1.46. The van der Waals surface area contributed by atoms with Gasteiger partial charge in [-0.25, -0.2) is 18.7 Å². The summed E-state index contributed by atoms with van der Waals surface area (Å²) in [6, 6.07) is 5.76. The smallest absolute Gasteiger partial charge is 0.272 e. The van der Waals surface area contributed by atoms with E-state index in [1.54, 1.807) is 12.5 Å². The van der Waals surface area contributed by atoms with Crippen LogP contribution in [0.5, 0.6) is 5.88 Å². The van der Waals surface area contributed by atoms with Gasteiger partial charge in [-0.2, -0.15) is 0 Å². The maximum atomic E-state index is 12.5. The third-order valence-corrected chi connectivity index (χ3v) is 4.56. The van der Waals surface area contributed by atoms with Crippen molar-refractivity contribution in [3.63, 3.8) is 0 Å². The minimum absolute atomic E-state index is 0.188. The predicted octanol–water partition coefficient (Wildman–Crippen LogP) is 2.58. The number of fused-ring (bicyclic) bond motifs is 1. The van der Waals surface area contributed by atoms with Gasteiger partial charge in [0.1, 0.15) is 12.6 Å². The second kappa shape index (κ2) is 7.83. The van der Waals surface area contributed by atoms with Crippen LogP contribution in [0.25, 0.3) is 10.9 Å². The standard InChI is InChI=1S/C18H19F2N5O2/c19-17(20)11-26-18-15-7-14(1-2-16(15)21-12-22-18)25-5-3-24(4-6-25)9-13-8-23-27-10-13/h1-2,7-8,10,12,17H,3-6,9,11H2. The zero-order valence-corrected chi connectivity index (χ0v) is 14.6. The van der Waals surface area contributed by atoms with E-state index in [1.165, 1.54) is 6.33 Å². The van der Waals surface area contributed by atoms with Crippen LogP contribution in [0.1, 0.15) is 5.56 Å². The van der Waals surface area contributed by atoms with Crippen LogP contribution in [0.15, 0.2) is 41.5 Å². The lowest BCUT2D eigenvalue weighted by atomic mass is 10.2. The first-order valence-electron chi connectivity index (χ1n) is 8.70. The highest BCUT2D eigenvalue weighted by Crippen LogP contribution is 2.27. The fraction of sp³-hybridized carbons (Fsp3) is 0.389. The lowest BCUT2D eigenvalue weighted by Gasteiger charge is -2.36. The largest absolute Gasteiger partial charge is 0.471 e. The van der Waals surface area contributed by atoms with Crippen molar-refractivity contribution in [2.24, 2.45) is 0 Å². The molecule has 142 valence electrons. The van der Waals surface area contributed by atoms with Gasteiger partial charge in [0.2, 0.25) is 5.88 Å². The Kier molecular flexibility index (Phi) is 5.10. The normalized spacial score (nSPS) is 15.6. The fourth-order valence-corrected chi connectivity index (χ4v) is 3.20. The molecule has 1 aliphatic heterocycles. The fourth-order valence-electron chi connectivity index (χ4n) is 3.20. The molecule has 0 spiro atoms. The molecule has 2 aromatic heterocycles. The van der Waals surface area contributed by atoms with E-state index in [4.69, 9.17) is 9.26 Å². The van der Waals surface area contributed by atoms with Crippen molar-refractivity contribution >= 4 is 16.6 Å². The molecular weight excluding hydrogens is 356 g/mol. The van der Waals surface area contributed by atoms with E-state index in [1.807, 2.05) is 18.2 Å². The maximum absolute atomic E-state index is 12.5. The van der Waals surface area contributed by atoms with E-state index in [0.29, 0.717) is 10.9 Å². The molecular formula is C18H19F2N5O2. The van der Waals surface area contributed by atoms with Gasteiger partial charge < -0.3 is 14.2 Å². The number of hydrogen-bond acceptors (Lipinski definition) is 7. The molecule has 0 atom stereocenters. The monoisotopic (exact) mass is 375 g/mol. The second-order valence-corrected chi connectivity index (χ2v) is 6.38. The number of halogens is 2. The van der Waals surface area contributed by atoms with Gasteiger partial charge in [-0.1, -0.05) is 5.16 Å². The molecule has 7 nitrogen and oxygen atoms in total. The molecule has 1 saturated heterocycles. The van der Waals surface area contributed by atoms with Crippen molar-refractivity contribution < 1.29 is 18.0 Å². The van der Waals surface area contributed by atoms with Gasteiger partial charge >= 0.3 is 0 Å². The van der Waals surface area contributed by atoms with Crippen molar-refractivity contribution in [2.45, 2.75) is 13.0 Å². The van der Waals surface area contributed by atoms with Crippen LogP contribution in [-0.2, 0) is 6.54 Å². The van der Waals surface area contributed by atoms with Crippen LogP contribution in [0.4, 0.5) is 14.5 Å². The van der Waals surface area contributed by atoms with Crippen LogP contribution >= 0.6 is 0 Å². The number of anilines is 1. The van der Waals surface area contributed by atoms with Gasteiger partial charge in [0.05, 0.1) is 17.1 Å². The average molecular weight is 375 g/mol. The molecule has 0 amide bonds. The SMILES string of the molecule is FC(F)COc1ncnc2ccc(N3CCN(Cc4cnoc4)CC3)cc12. The van der Waals surface area contributed by atoms with Gasteiger partial charge in [0.25, 0.3) is 6.43 Å². The lowest BCUT2D eigenvalue weighted by molar-refractivity contribution is 0.0804. The zero-order valence-electron chi connectivity index (χ0n) is 14.6. The van der Waals surface area contributed by atoms with Crippen LogP contribution < -0.4 is 9.64 Å². The first-order chi connectivity index (χ1) is 13.2. The van der Waals surface area contributed by atoms with Gasteiger partial charge in [0, 0.05) is 44.0 Å². The minimum Gasteiger partial charge on any atom is -0.471 e. The quantitative estimate of drug-likeness (QED) is 0.656. The molecule has 0 bridgehead atoms. The number of benzene rings is 1. The molecule has 1 fully saturated rings. The van der Waals surface area contributed by atoms with Crippen LogP contribution in [-0.4, -0.2) is 59.2 Å². The number of rotatable bonds is 6. The predicted molar refractivity (Wildman–Crippen MR) is 95.0 cm³/mol. The topological polar surface area (TPSA) is 67.5 Å². The number of nitrogens with zero attached hydrogens (tertiary/aromatic N) is 5. The zero-order chi connectivity index (χ0) is 18.6. The molecule has 1 aromatic carbocycles. The first kappa shape index (κ1) is 17.6. The molecule has 0 aliphatic carbocycles. The molecule has 1 aliphatic rings. The molecule has 0 saturated carbocycles. The van der Waals surface area contributed by atoms with Crippen LogP contribution in [0.2, 0.25) is 0 Å². The molecule has 3 heterocycles. The Labute approximate surface area is 154 Å². The van der Waals surface area contributed by atoms with Gasteiger partial charge in [-0.3, -0.25) is 4.90 Å². The van der Waals surface area contributed by atoms with Gasteiger partial charge in [-0.05, 0) is 18.2 Å². The second-order valence-electron chi connectivity index (χ2n) is 6.38. The van der Waals surface area contributed by atoms with E-state index in [9.17, 15) is 8.78 Å². The van der Waals surface area contributed by atoms with E-state index in [2.05, 4.69) is 24.9 Å². The molecule has 9 heteroatoms. The molecule has 0 N–H and O–H groups in total. The molecule has 4 rings (SSSR count). The summed E-state index contributed by atoms with van der Waals surface area (Å²) >= 11 is 0. The molecule has 0 unspecified atom stereocenters. The van der Waals surface area contributed by atoms with Crippen molar-refractivity contribution in [1.82, 2.24) is 20.0 Å². The van der Waals surface area contributed by atoms with Crippen molar-refractivity contribution in [3.8, 4) is 5.88 Å². The summed E-state index contributed by atoms with van der Waals surface area (Å²) in [4.78, 5) is 12.8. The van der Waals surface area contributed by atoms with Crippen molar-refractivity contribution in [2.75, 3.05) is 37.7 Å². The Bertz CT molecular complexity index is 883.